The average molecular weight is 379 g/mol. The van der Waals surface area contributed by atoms with Gasteiger partial charge in [-0.15, -0.1) is 0 Å². The number of nitriles is 1. The van der Waals surface area contributed by atoms with Crippen LogP contribution in [-0.4, -0.2) is 35.1 Å². The summed E-state index contributed by atoms with van der Waals surface area (Å²) in [5.41, 5.74) is 2.34. The third-order valence-electron chi connectivity index (χ3n) is 6.11. The molecular formula is C20H24F3N3O. The zero-order valence-corrected chi connectivity index (χ0v) is 15.4. The quantitative estimate of drug-likeness (QED) is 0.872. The summed E-state index contributed by atoms with van der Waals surface area (Å²) >= 11 is 0. The Kier molecular flexibility index (Phi) is 5.48. The first-order valence-corrected chi connectivity index (χ1v) is 9.41. The van der Waals surface area contributed by atoms with Crippen LogP contribution in [0.5, 0.6) is 0 Å². The maximum absolute atomic E-state index is 12.8. The van der Waals surface area contributed by atoms with E-state index in [4.69, 9.17) is 5.26 Å². The van der Waals surface area contributed by atoms with Gasteiger partial charge in [0.05, 0.1) is 11.6 Å². The Labute approximate surface area is 157 Å². The molecule has 1 fully saturated rings. The van der Waals surface area contributed by atoms with E-state index in [0.29, 0.717) is 12.1 Å². The van der Waals surface area contributed by atoms with Crippen molar-refractivity contribution in [3.63, 3.8) is 0 Å². The predicted molar refractivity (Wildman–Crippen MR) is 94.7 cm³/mol. The number of halogens is 3. The van der Waals surface area contributed by atoms with Gasteiger partial charge in [0.1, 0.15) is 0 Å². The number of amides is 1. The second kappa shape index (κ2) is 7.51. The molecule has 2 aliphatic rings. The van der Waals surface area contributed by atoms with E-state index in [9.17, 15) is 18.0 Å². The molecule has 0 saturated heterocycles. The monoisotopic (exact) mass is 379 g/mol. The summed E-state index contributed by atoms with van der Waals surface area (Å²) in [6, 6.07) is 7.18. The summed E-state index contributed by atoms with van der Waals surface area (Å²) < 4.78 is 38.3. The fourth-order valence-corrected chi connectivity index (χ4v) is 4.61. The third kappa shape index (κ3) is 3.96. The molecule has 0 radical (unpaired) electrons. The lowest BCUT2D eigenvalue weighted by molar-refractivity contribution is -0.175. The molecule has 0 aromatic heterocycles. The average Bonchev–Trinajstić information content (AvgIpc) is 2.66. The van der Waals surface area contributed by atoms with Crippen LogP contribution in [0, 0.1) is 11.3 Å². The normalized spacial score (nSPS) is 21.0. The molecule has 0 spiro atoms. The second-order valence-corrected chi connectivity index (χ2v) is 7.62. The number of nitrogens with zero attached hydrogens (tertiary/aromatic N) is 2. The molecule has 3 rings (SSSR count). The number of benzene rings is 1. The van der Waals surface area contributed by atoms with Crippen LogP contribution in [0.3, 0.4) is 0 Å². The Bertz CT molecular complexity index is 748. The van der Waals surface area contributed by atoms with Crippen molar-refractivity contribution in [2.24, 2.45) is 0 Å². The number of fused-ring (bicyclic) bond motifs is 1. The van der Waals surface area contributed by atoms with Crippen LogP contribution in [0.4, 0.5) is 13.2 Å². The number of carbonyl (C=O) groups is 1. The van der Waals surface area contributed by atoms with E-state index < -0.39 is 23.7 Å². The minimum atomic E-state index is -4.87. The van der Waals surface area contributed by atoms with Gasteiger partial charge >= 0.3 is 12.1 Å². The maximum Gasteiger partial charge on any atom is 0.471 e. The number of hydrogen-bond donors (Lipinski definition) is 1. The van der Waals surface area contributed by atoms with Crippen LogP contribution in [0.2, 0.25) is 0 Å². The van der Waals surface area contributed by atoms with E-state index in [0.717, 1.165) is 50.6 Å². The van der Waals surface area contributed by atoms with E-state index in [1.165, 1.54) is 5.56 Å². The summed E-state index contributed by atoms with van der Waals surface area (Å²) in [6.07, 6.45) is 0.383. The molecule has 7 heteroatoms. The van der Waals surface area contributed by atoms with Crippen LogP contribution in [0.25, 0.3) is 0 Å². The van der Waals surface area contributed by atoms with Crippen molar-refractivity contribution in [1.82, 2.24) is 10.2 Å². The molecule has 1 amide bonds. The lowest BCUT2D eigenvalue weighted by Gasteiger charge is -2.52. The predicted octanol–water partition coefficient (Wildman–Crippen LogP) is 3.69. The highest BCUT2D eigenvalue weighted by molar-refractivity contribution is 5.82. The van der Waals surface area contributed by atoms with Crippen LogP contribution >= 0.6 is 0 Å². The highest BCUT2D eigenvalue weighted by Gasteiger charge is 2.47. The van der Waals surface area contributed by atoms with Crippen molar-refractivity contribution in [3.05, 3.63) is 34.9 Å². The molecule has 1 saturated carbocycles. The van der Waals surface area contributed by atoms with E-state index >= 15 is 0 Å². The summed E-state index contributed by atoms with van der Waals surface area (Å²) in [7, 11) is 0. The van der Waals surface area contributed by atoms with Crippen molar-refractivity contribution < 1.29 is 18.0 Å². The van der Waals surface area contributed by atoms with Gasteiger partial charge in [0.15, 0.2) is 0 Å². The topological polar surface area (TPSA) is 56.1 Å². The largest absolute Gasteiger partial charge is 0.471 e. The van der Waals surface area contributed by atoms with Gasteiger partial charge in [-0.25, -0.2) is 0 Å². The number of hydrogen-bond acceptors (Lipinski definition) is 3. The third-order valence-corrected chi connectivity index (χ3v) is 6.11. The summed E-state index contributed by atoms with van der Waals surface area (Å²) in [5.74, 6) is -1.87. The Morgan fingerprint density at radius 2 is 1.96 bits per heavy atom. The van der Waals surface area contributed by atoms with Crippen LogP contribution in [0.1, 0.15) is 55.7 Å². The minimum absolute atomic E-state index is 0.487. The molecule has 1 heterocycles. The lowest BCUT2D eigenvalue weighted by atomic mass is 9.74. The molecule has 4 nitrogen and oxygen atoms in total. The number of rotatable bonds is 3. The van der Waals surface area contributed by atoms with Gasteiger partial charge in [0.2, 0.25) is 0 Å². The maximum atomic E-state index is 12.8. The zero-order valence-electron chi connectivity index (χ0n) is 15.4. The number of alkyl halides is 3. The van der Waals surface area contributed by atoms with Crippen molar-refractivity contribution in [1.29, 1.82) is 5.26 Å². The molecule has 1 atom stereocenters. The van der Waals surface area contributed by atoms with Crippen LogP contribution in [0.15, 0.2) is 18.2 Å². The van der Waals surface area contributed by atoms with Crippen molar-refractivity contribution in [2.45, 2.75) is 69.8 Å². The Morgan fingerprint density at radius 3 is 2.59 bits per heavy atom. The molecule has 1 aromatic rings. The smallest absolute Gasteiger partial charge is 0.344 e. The lowest BCUT2D eigenvalue weighted by Crippen LogP contribution is -2.63. The zero-order chi connectivity index (χ0) is 19.7. The fourth-order valence-electron chi connectivity index (χ4n) is 4.61. The van der Waals surface area contributed by atoms with Crippen LogP contribution in [-0.2, 0) is 17.8 Å². The first-order chi connectivity index (χ1) is 12.8. The van der Waals surface area contributed by atoms with Crippen molar-refractivity contribution in [3.8, 4) is 6.07 Å². The molecule has 1 unspecified atom stereocenters. The van der Waals surface area contributed by atoms with Gasteiger partial charge < -0.3 is 5.32 Å². The van der Waals surface area contributed by atoms with Gasteiger partial charge in [-0.05, 0) is 49.4 Å². The summed E-state index contributed by atoms with van der Waals surface area (Å²) in [6.45, 7) is 3.03. The Hall–Kier alpha value is -2.07. The molecular weight excluding hydrogens is 355 g/mol. The summed E-state index contributed by atoms with van der Waals surface area (Å²) in [4.78, 5) is 13.8. The fraction of sp³-hybridized carbons (Fsp3) is 0.600. The number of nitrogens with one attached hydrogen (secondary N) is 1. The van der Waals surface area contributed by atoms with Crippen molar-refractivity contribution in [2.75, 3.05) is 6.54 Å². The standard InChI is InChI=1S/C20H24F3N3O/c1-14(25-18(27)20(21,22)23)19(8-3-2-4-9-19)26-10-7-16-6-5-15(12-24)11-17(16)13-26/h5-6,11,14H,2-4,7-10,13H2,1H3,(H,25,27). The molecule has 1 N–H and O–H groups in total. The molecule has 1 aliphatic carbocycles. The highest BCUT2D eigenvalue weighted by Crippen LogP contribution is 2.39. The van der Waals surface area contributed by atoms with Gasteiger partial charge in [0.25, 0.3) is 0 Å². The summed E-state index contributed by atoms with van der Waals surface area (Å²) in [5, 5.41) is 11.4. The Balaban J connectivity index is 1.86. The second-order valence-electron chi connectivity index (χ2n) is 7.62. The molecule has 27 heavy (non-hydrogen) atoms. The van der Waals surface area contributed by atoms with Gasteiger partial charge in [-0.2, -0.15) is 18.4 Å². The first-order valence-electron chi connectivity index (χ1n) is 9.41. The first kappa shape index (κ1) is 19.7. The minimum Gasteiger partial charge on any atom is -0.344 e. The Morgan fingerprint density at radius 1 is 1.26 bits per heavy atom. The SMILES string of the molecule is CC(NC(=O)C(F)(F)F)C1(N2CCc3ccc(C#N)cc3C2)CCCCC1. The van der Waals surface area contributed by atoms with E-state index in [-0.39, 0.29) is 0 Å². The van der Waals surface area contributed by atoms with E-state index in [1.54, 1.807) is 13.0 Å². The van der Waals surface area contributed by atoms with Gasteiger partial charge in [-0.1, -0.05) is 25.3 Å². The van der Waals surface area contributed by atoms with Gasteiger partial charge in [-0.3, -0.25) is 9.69 Å². The van der Waals surface area contributed by atoms with E-state index in [1.807, 2.05) is 12.1 Å². The molecule has 0 bridgehead atoms. The van der Waals surface area contributed by atoms with Crippen LogP contribution < -0.4 is 5.32 Å². The molecule has 1 aliphatic heterocycles. The highest BCUT2D eigenvalue weighted by atomic mass is 19.4. The van der Waals surface area contributed by atoms with E-state index in [2.05, 4.69) is 16.3 Å². The van der Waals surface area contributed by atoms with Crippen molar-refractivity contribution >= 4 is 5.91 Å². The van der Waals surface area contributed by atoms with Gasteiger partial charge in [0, 0.05) is 24.7 Å². The molecule has 1 aromatic carbocycles. The number of carbonyl (C=O) groups excluding carboxylic acids is 1. The molecule has 146 valence electrons.